The van der Waals surface area contributed by atoms with Crippen LogP contribution < -0.4 is 10.5 Å². The highest BCUT2D eigenvalue weighted by molar-refractivity contribution is 8.00. The van der Waals surface area contributed by atoms with E-state index in [0.717, 1.165) is 36.3 Å². The van der Waals surface area contributed by atoms with Gasteiger partial charge in [0.05, 0.1) is 5.75 Å². The van der Waals surface area contributed by atoms with Crippen molar-refractivity contribution >= 4 is 27.5 Å². The molecule has 1 aromatic rings. The number of nitrogens with two attached hydrogens (primary N) is 1. The lowest BCUT2D eigenvalue weighted by Gasteiger charge is -2.24. The van der Waals surface area contributed by atoms with Crippen molar-refractivity contribution in [1.82, 2.24) is 4.72 Å². The van der Waals surface area contributed by atoms with E-state index in [1.165, 1.54) is 11.8 Å². The Bertz CT molecular complexity index is 535. The molecule has 2 rings (SSSR count). The van der Waals surface area contributed by atoms with Crippen LogP contribution in [0.2, 0.25) is 0 Å². The average Bonchev–Trinajstić information content (AvgIpc) is 2.77. The van der Waals surface area contributed by atoms with Gasteiger partial charge in [-0.2, -0.15) is 0 Å². The number of nitrogen functional groups attached to an aromatic ring is 1. The zero-order valence-electron chi connectivity index (χ0n) is 11.8. The summed E-state index contributed by atoms with van der Waals surface area (Å²) in [4.78, 5) is 1.04. The zero-order chi connectivity index (χ0) is 14.6. The van der Waals surface area contributed by atoms with Gasteiger partial charge in [0.2, 0.25) is 10.0 Å². The molecule has 0 unspecified atom stereocenters. The van der Waals surface area contributed by atoms with Gasteiger partial charge in [-0.05, 0) is 44.0 Å². The molecule has 1 aliphatic rings. The van der Waals surface area contributed by atoms with E-state index in [0.29, 0.717) is 5.75 Å². The highest BCUT2D eigenvalue weighted by Crippen LogP contribution is 2.29. The van der Waals surface area contributed by atoms with E-state index in [1.54, 1.807) is 0 Å². The van der Waals surface area contributed by atoms with Crippen molar-refractivity contribution in [2.45, 2.75) is 43.0 Å². The fourth-order valence-corrected chi connectivity index (χ4v) is 5.35. The van der Waals surface area contributed by atoms with Crippen molar-refractivity contribution in [3.8, 4) is 0 Å². The number of sulfonamides is 1. The molecule has 0 heterocycles. The molecule has 6 heteroatoms. The van der Waals surface area contributed by atoms with Crippen LogP contribution in [0, 0.1) is 0 Å². The molecule has 0 aliphatic heterocycles. The quantitative estimate of drug-likeness (QED) is 0.625. The second-order valence-electron chi connectivity index (χ2n) is 5.61. The Labute approximate surface area is 125 Å². The summed E-state index contributed by atoms with van der Waals surface area (Å²) in [6, 6.07) is 7.49. The second-order valence-corrected chi connectivity index (χ2v) is 8.62. The first-order chi connectivity index (χ1) is 9.39. The molecule has 0 aromatic heterocycles. The van der Waals surface area contributed by atoms with Crippen molar-refractivity contribution in [3.05, 3.63) is 24.3 Å². The van der Waals surface area contributed by atoms with Crippen LogP contribution in [0.25, 0.3) is 0 Å². The van der Waals surface area contributed by atoms with Crippen molar-refractivity contribution in [1.29, 1.82) is 0 Å². The maximum atomic E-state index is 12.1. The molecule has 112 valence electrons. The fraction of sp³-hybridized carbons (Fsp3) is 0.571. The molecule has 1 saturated carbocycles. The van der Waals surface area contributed by atoms with Crippen molar-refractivity contribution in [2.75, 3.05) is 17.2 Å². The van der Waals surface area contributed by atoms with Crippen molar-refractivity contribution in [2.24, 2.45) is 0 Å². The van der Waals surface area contributed by atoms with Crippen LogP contribution in [0.3, 0.4) is 0 Å². The molecule has 0 amide bonds. The van der Waals surface area contributed by atoms with Crippen LogP contribution in [0.1, 0.15) is 32.6 Å². The van der Waals surface area contributed by atoms with E-state index in [-0.39, 0.29) is 11.3 Å². The predicted octanol–water partition coefficient (Wildman–Crippen LogP) is 2.61. The van der Waals surface area contributed by atoms with Crippen LogP contribution in [0.4, 0.5) is 5.69 Å². The minimum absolute atomic E-state index is 0.150. The molecule has 1 fully saturated rings. The maximum Gasteiger partial charge on any atom is 0.212 e. The van der Waals surface area contributed by atoms with Gasteiger partial charge in [-0.25, -0.2) is 13.1 Å². The van der Waals surface area contributed by atoms with Gasteiger partial charge in [-0.3, -0.25) is 0 Å². The van der Waals surface area contributed by atoms with Crippen molar-refractivity contribution in [3.63, 3.8) is 0 Å². The summed E-state index contributed by atoms with van der Waals surface area (Å²) >= 11 is 1.54. The van der Waals surface area contributed by atoms with E-state index in [9.17, 15) is 8.42 Å². The minimum atomic E-state index is -3.20. The third-order valence-corrected chi connectivity index (χ3v) is 6.43. The van der Waals surface area contributed by atoms with E-state index >= 15 is 0 Å². The Hall–Kier alpha value is -0.720. The lowest BCUT2D eigenvalue weighted by molar-refractivity contribution is 0.428. The molecule has 0 radical (unpaired) electrons. The number of nitrogens with one attached hydrogen (secondary N) is 1. The molecule has 4 nitrogen and oxygen atoms in total. The van der Waals surface area contributed by atoms with E-state index < -0.39 is 10.0 Å². The summed E-state index contributed by atoms with van der Waals surface area (Å²) in [6.45, 7) is 2.00. The normalized spacial score (nSPS) is 18.2. The first-order valence-corrected chi connectivity index (χ1v) is 9.52. The molecule has 1 aliphatic carbocycles. The summed E-state index contributed by atoms with van der Waals surface area (Å²) in [5, 5.41) is 0. The van der Waals surface area contributed by atoms with Gasteiger partial charge < -0.3 is 5.73 Å². The number of hydrogen-bond donors (Lipinski definition) is 2. The number of thioether (sulfide) groups is 1. The lowest BCUT2D eigenvalue weighted by Crippen LogP contribution is -2.44. The van der Waals surface area contributed by atoms with E-state index in [4.69, 9.17) is 5.73 Å². The standard InChI is InChI=1S/C14H22N2O2S2/c1-14(8-2-3-9-14)16-20(17,18)11-10-19-13-6-4-12(15)5-7-13/h4-7,16H,2-3,8-11,15H2,1H3. The molecule has 1 aromatic carbocycles. The summed E-state index contributed by atoms with van der Waals surface area (Å²) in [5.74, 6) is 0.701. The van der Waals surface area contributed by atoms with Crippen LogP contribution in [-0.2, 0) is 10.0 Å². The molecule has 3 N–H and O–H groups in total. The van der Waals surface area contributed by atoms with E-state index in [2.05, 4.69) is 4.72 Å². The average molecular weight is 314 g/mol. The van der Waals surface area contributed by atoms with Crippen LogP contribution in [0.15, 0.2) is 29.2 Å². The van der Waals surface area contributed by atoms with Gasteiger partial charge in [0.15, 0.2) is 0 Å². The third-order valence-electron chi connectivity index (χ3n) is 3.61. The van der Waals surface area contributed by atoms with Gasteiger partial charge in [0.1, 0.15) is 0 Å². The summed E-state index contributed by atoms with van der Waals surface area (Å²) in [5.41, 5.74) is 6.10. The smallest absolute Gasteiger partial charge is 0.212 e. The summed E-state index contributed by atoms with van der Waals surface area (Å²) < 4.78 is 27.0. The number of anilines is 1. The first kappa shape index (κ1) is 15.7. The number of rotatable bonds is 6. The lowest BCUT2D eigenvalue weighted by atomic mass is 10.0. The van der Waals surface area contributed by atoms with Gasteiger partial charge in [-0.1, -0.05) is 12.8 Å². The van der Waals surface area contributed by atoms with Gasteiger partial charge in [0, 0.05) is 21.9 Å². The largest absolute Gasteiger partial charge is 0.399 e. The van der Waals surface area contributed by atoms with Crippen LogP contribution >= 0.6 is 11.8 Å². The maximum absolute atomic E-state index is 12.1. The third kappa shape index (κ3) is 4.68. The van der Waals surface area contributed by atoms with E-state index in [1.807, 2.05) is 31.2 Å². The van der Waals surface area contributed by atoms with Gasteiger partial charge in [0.25, 0.3) is 0 Å². The van der Waals surface area contributed by atoms with Crippen molar-refractivity contribution < 1.29 is 8.42 Å². The highest BCUT2D eigenvalue weighted by atomic mass is 32.2. The number of hydrogen-bond acceptors (Lipinski definition) is 4. The Balaban J connectivity index is 1.81. The molecule has 0 atom stereocenters. The first-order valence-electron chi connectivity index (χ1n) is 6.89. The zero-order valence-corrected chi connectivity index (χ0v) is 13.4. The number of benzene rings is 1. The Morgan fingerprint density at radius 3 is 2.45 bits per heavy atom. The topological polar surface area (TPSA) is 72.2 Å². The predicted molar refractivity (Wildman–Crippen MR) is 85.4 cm³/mol. The molecule has 0 bridgehead atoms. The Morgan fingerprint density at radius 1 is 1.25 bits per heavy atom. The Morgan fingerprint density at radius 2 is 1.85 bits per heavy atom. The van der Waals surface area contributed by atoms with Crippen LogP contribution in [-0.4, -0.2) is 25.5 Å². The van der Waals surface area contributed by atoms with Crippen LogP contribution in [0.5, 0.6) is 0 Å². The molecule has 0 spiro atoms. The Kier molecular flexibility index (Phi) is 4.99. The summed E-state index contributed by atoms with van der Waals surface area (Å²) in [6.07, 6.45) is 4.10. The monoisotopic (exact) mass is 314 g/mol. The molecular formula is C14H22N2O2S2. The minimum Gasteiger partial charge on any atom is -0.399 e. The SMILES string of the molecule is CC1(NS(=O)(=O)CCSc2ccc(N)cc2)CCCC1. The molecular weight excluding hydrogens is 292 g/mol. The second kappa shape index (κ2) is 6.37. The fourth-order valence-electron chi connectivity index (χ4n) is 2.52. The van der Waals surface area contributed by atoms with Gasteiger partial charge >= 0.3 is 0 Å². The highest BCUT2D eigenvalue weighted by Gasteiger charge is 2.32. The molecule has 0 saturated heterocycles. The van der Waals surface area contributed by atoms with Gasteiger partial charge in [-0.15, -0.1) is 11.8 Å². The molecule has 20 heavy (non-hydrogen) atoms. The summed E-state index contributed by atoms with van der Waals surface area (Å²) in [7, 11) is -3.20.